The molecule has 242 valence electrons. The van der Waals surface area contributed by atoms with Crippen molar-refractivity contribution in [1.82, 2.24) is 20.9 Å². The number of para-hydroxylation sites is 1. The monoisotopic (exact) mass is 628 g/mol. The fourth-order valence-corrected chi connectivity index (χ4v) is 5.63. The van der Waals surface area contributed by atoms with Crippen molar-refractivity contribution in [2.75, 3.05) is 46.5 Å². The molecule has 4 bridgehead atoms. The van der Waals surface area contributed by atoms with Crippen molar-refractivity contribution in [3.05, 3.63) is 83.4 Å². The molecule has 3 amide bonds. The van der Waals surface area contributed by atoms with Gasteiger partial charge in [0.25, 0.3) is 11.8 Å². The zero-order chi connectivity index (χ0) is 31.9. The number of likely N-dealkylation sites (tertiary alicyclic amines) is 1. The number of nitrogens with one attached hydrogen (secondary N) is 3. The van der Waals surface area contributed by atoms with E-state index in [1.54, 1.807) is 25.3 Å². The lowest BCUT2D eigenvalue weighted by molar-refractivity contribution is -0.123. The summed E-state index contributed by atoms with van der Waals surface area (Å²) in [6.45, 7) is 2.22. The number of rotatable bonds is 9. The average molecular weight is 629 g/mol. The van der Waals surface area contributed by atoms with E-state index in [4.69, 9.17) is 18.9 Å². The third-order valence-corrected chi connectivity index (χ3v) is 8.33. The van der Waals surface area contributed by atoms with Crippen molar-refractivity contribution < 1.29 is 33.3 Å². The predicted molar refractivity (Wildman–Crippen MR) is 170 cm³/mol. The summed E-state index contributed by atoms with van der Waals surface area (Å²) in [6, 6.07) is 19.8. The van der Waals surface area contributed by atoms with Gasteiger partial charge in [0.05, 0.1) is 26.3 Å². The molecule has 3 aromatic carbocycles. The van der Waals surface area contributed by atoms with Gasteiger partial charge < -0.3 is 34.9 Å². The van der Waals surface area contributed by atoms with Gasteiger partial charge in [0.2, 0.25) is 5.91 Å². The largest absolute Gasteiger partial charge is 0.496 e. The Kier molecular flexibility index (Phi) is 9.88. The van der Waals surface area contributed by atoms with Gasteiger partial charge in [0, 0.05) is 37.8 Å². The summed E-state index contributed by atoms with van der Waals surface area (Å²) < 4.78 is 23.6. The molecule has 4 aliphatic rings. The van der Waals surface area contributed by atoms with Crippen LogP contribution in [0.15, 0.2) is 66.7 Å². The first-order valence-electron chi connectivity index (χ1n) is 15.8. The first-order valence-corrected chi connectivity index (χ1v) is 15.8. The van der Waals surface area contributed by atoms with Gasteiger partial charge in [-0.15, -0.1) is 0 Å². The highest BCUT2D eigenvalue weighted by Crippen LogP contribution is 2.31. The van der Waals surface area contributed by atoms with Crippen LogP contribution >= 0.6 is 0 Å². The molecule has 1 saturated heterocycles. The van der Waals surface area contributed by atoms with E-state index in [0.717, 1.165) is 29.7 Å². The number of ether oxygens (including phenoxy) is 4. The number of methoxy groups -OCH3 is 1. The topological polar surface area (TPSA) is 127 Å². The number of carbonyl (C=O) groups is 3. The molecular weight excluding hydrogens is 588 g/mol. The second-order valence-corrected chi connectivity index (χ2v) is 12.0. The van der Waals surface area contributed by atoms with Crippen LogP contribution in [0.25, 0.3) is 0 Å². The van der Waals surface area contributed by atoms with Gasteiger partial charge in [-0.05, 0) is 66.6 Å². The molecule has 1 saturated carbocycles. The Morgan fingerprint density at radius 3 is 2.65 bits per heavy atom. The van der Waals surface area contributed by atoms with Crippen molar-refractivity contribution >= 4 is 17.7 Å². The van der Waals surface area contributed by atoms with E-state index in [-0.39, 0.29) is 30.9 Å². The van der Waals surface area contributed by atoms with Crippen LogP contribution in [0.4, 0.5) is 0 Å². The molecule has 2 atom stereocenters. The van der Waals surface area contributed by atoms with E-state index in [2.05, 4.69) is 16.0 Å². The highest BCUT2D eigenvalue weighted by atomic mass is 16.5. The van der Waals surface area contributed by atoms with Crippen LogP contribution in [-0.4, -0.2) is 81.3 Å². The van der Waals surface area contributed by atoms with Crippen LogP contribution in [-0.2, 0) is 22.6 Å². The normalized spacial score (nSPS) is 19.9. The Morgan fingerprint density at radius 1 is 1.02 bits per heavy atom. The first-order chi connectivity index (χ1) is 22.4. The van der Waals surface area contributed by atoms with Gasteiger partial charge in [-0.1, -0.05) is 30.3 Å². The standard InChI is InChI=1S/C35H40N4O7/c1-43-31-5-3-2-4-25(31)12-13-36-33(40)20-39-18-30-32(19-39)46-27-10-8-23(9-11-27)17-37-34(41)22-45-29-15-26(35(42)38-30)14-28(16-29)44-21-24-6-7-24/h2-5,8-11,14-16,24,30,32H,6-7,12-13,17-22H2,1H3,(H,36,40)(H,37,41)(H,38,42)/t30-,32-/m0/s1. The number of fused-ring (bicyclic) bond motifs is 7. The molecule has 3 aliphatic heterocycles. The van der Waals surface area contributed by atoms with Crippen molar-refractivity contribution in [3.8, 4) is 23.0 Å². The third-order valence-electron chi connectivity index (χ3n) is 8.33. The minimum absolute atomic E-state index is 0.108. The van der Waals surface area contributed by atoms with Gasteiger partial charge in [0.1, 0.15) is 29.1 Å². The Morgan fingerprint density at radius 2 is 1.85 bits per heavy atom. The number of benzene rings is 3. The number of amides is 3. The lowest BCUT2D eigenvalue weighted by atomic mass is 10.1. The summed E-state index contributed by atoms with van der Waals surface area (Å²) in [4.78, 5) is 41.1. The van der Waals surface area contributed by atoms with E-state index < -0.39 is 12.1 Å². The zero-order valence-corrected chi connectivity index (χ0v) is 26.0. The van der Waals surface area contributed by atoms with Crippen LogP contribution in [0.2, 0.25) is 0 Å². The smallest absolute Gasteiger partial charge is 0.258 e. The number of hydrogen-bond acceptors (Lipinski definition) is 8. The molecule has 3 aromatic rings. The van der Waals surface area contributed by atoms with Gasteiger partial charge in [0.15, 0.2) is 6.61 Å². The molecule has 0 radical (unpaired) electrons. The molecular formula is C35H40N4O7. The van der Waals surface area contributed by atoms with Crippen LogP contribution in [0.1, 0.15) is 34.3 Å². The van der Waals surface area contributed by atoms with Crippen molar-refractivity contribution in [2.24, 2.45) is 5.92 Å². The molecule has 46 heavy (non-hydrogen) atoms. The third kappa shape index (κ3) is 8.48. The first kappa shape index (κ1) is 31.2. The quantitative estimate of drug-likeness (QED) is 0.330. The van der Waals surface area contributed by atoms with Gasteiger partial charge in [-0.3, -0.25) is 19.3 Å². The second kappa shape index (κ2) is 14.6. The Bertz CT molecular complexity index is 1540. The minimum Gasteiger partial charge on any atom is -0.496 e. The minimum atomic E-state index is -0.406. The van der Waals surface area contributed by atoms with Crippen molar-refractivity contribution in [2.45, 2.75) is 38.0 Å². The molecule has 0 spiro atoms. The molecule has 11 heteroatoms. The SMILES string of the molecule is COc1ccccc1CCNC(=O)CN1C[C@@H]2NC(=O)c3cc(cc(OCC4CC4)c3)OCC(=O)NCc3ccc(cc3)O[C@H]2C1. The Hall–Kier alpha value is -4.77. The molecule has 11 nitrogen and oxygen atoms in total. The maximum absolute atomic E-state index is 13.6. The van der Waals surface area contributed by atoms with Gasteiger partial charge in [-0.25, -0.2) is 0 Å². The van der Waals surface area contributed by atoms with Crippen LogP contribution in [0.5, 0.6) is 23.0 Å². The highest BCUT2D eigenvalue weighted by molar-refractivity contribution is 5.95. The number of carbonyl (C=O) groups excluding carboxylic acids is 3. The van der Waals surface area contributed by atoms with Crippen LogP contribution in [0, 0.1) is 5.92 Å². The number of hydrogen-bond donors (Lipinski definition) is 3. The maximum atomic E-state index is 13.6. The zero-order valence-electron chi connectivity index (χ0n) is 26.0. The lowest BCUT2D eigenvalue weighted by Gasteiger charge is -2.22. The van der Waals surface area contributed by atoms with Crippen LogP contribution in [0.3, 0.4) is 0 Å². The Balaban J connectivity index is 1.16. The molecule has 3 heterocycles. The molecule has 1 aliphatic carbocycles. The number of nitrogens with zero attached hydrogens (tertiary/aromatic N) is 1. The van der Waals surface area contributed by atoms with Gasteiger partial charge >= 0.3 is 0 Å². The summed E-state index contributed by atoms with van der Waals surface area (Å²) in [6.07, 6.45) is 2.50. The van der Waals surface area contributed by atoms with Crippen molar-refractivity contribution in [3.63, 3.8) is 0 Å². The van der Waals surface area contributed by atoms with Crippen LogP contribution < -0.4 is 34.9 Å². The molecule has 7 rings (SSSR count). The summed E-state index contributed by atoms with van der Waals surface area (Å²) in [5.74, 6) is 2.12. The highest BCUT2D eigenvalue weighted by Gasteiger charge is 2.37. The second-order valence-electron chi connectivity index (χ2n) is 12.0. The van der Waals surface area contributed by atoms with E-state index in [0.29, 0.717) is 67.9 Å². The van der Waals surface area contributed by atoms with E-state index >= 15 is 0 Å². The van der Waals surface area contributed by atoms with Crippen molar-refractivity contribution in [1.29, 1.82) is 0 Å². The summed E-state index contributed by atoms with van der Waals surface area (Å²) >= 11 is 0. The van der Waals surface area contributed by atoms with E-state index in [9.17, 15) is 14.4 Å². The molecule has 0 aromatic heterocycles. The average Bonchev–Trinajstić information content (AvgIpc) is 3.83. The summed E-state index contributed by atoms with van der Waals surface area (Å²) in [5.41, 5.74) is 2.28. The van der Waals surface area contributed by atoms with E-state index in [1.807, 2.05) is 53.4 Å². The predicted octanol–water partition coefficient (Wildman–Crippen LogP) is 2.71. The lowest BCUT2D eigenvalue weighted by Crippen LogP contribution is -2.45. The summed E-state index contributed by atoms with van der Waals surface area (Å²) in [7, 11) is 1.64. The molecule has 3 N–H and O–H groups in total. The Labute approximate surface area is 268 Å². The maximum Gasteiger partial charge on any atom is 0.258 e. The van der Waals surface area contributed by atoms with E-state index in [1.165, 1.54) is 0 Å². The van der Waals surface area contributed by atoms with Gasteiger partial charge in [-0.2, -0.15) is 0 Å². The fraction of sp³-hybridized carbons (Fsp3) is 0.400. The summed E-state index contributed by atoms with van der Waals surface area (Å²) in [5, 5.41) is 8.99. The molecule has 0 unspecified atom stereocenters. The fourth-order valence-electron chi connectivity index (χ4n) is 5.63. The molecule has 2 fully saturated rings.